The fourth-order valence-corrected chi connectivity index (χ4v) is 2.31. The quantitative estimate of drug-likeness (QED) is 0.802. The molecule has 1 atom stereocenters. The molecule has 1 rings (SSSR count). The number of aromatic nitrogens is 2. The van der Waals surface area contributed by atoms with E-state index < -0.39 is 12.0 Å². The van der Waals surface area contributed by atoms with Crippen LogP contribution in [0.4, 0.5) is 0 Å². The molecule has 1 heterocycles. The maximum absolute atomic E-state index is 12.2. The Hall–Kier alpha value is -1.85. The average Bonchev–Trinajstić information content (AvgIpc) is 2.63. The molecule has 0 radical (unpaired) electrons. The molecule has 0 fully saturated rings. The van der Waals surface area contributed by atoms with Gasteiger partial charge in [-0.3, -0.25) is 9.48 Å². The first-order chi connectivity index (χ1) is 9.76. The second kappa shape index (κ2) is 7.24. The molecule has 1 amide bonds. The zero-order chi connectivity index (χ0) is 16.2. The lowest BCUT2D eigenvalue weighted by molar-refractivity contribution is -0.145. The van der Waals surface area contributed by atoms with Crippen LogP contribution in [0.1, 0.15) is 37.2 Å². The van der Waals surface area contributed by atoms with Gasteiger partial charge in [0.1, 0.15) is 6.04 Å². The Bertz CT molecular complexity index is 520. The van der Waals surface area contributed by atoms with E-state index in [4.69, 9.17) is 4.74 Å². The number of methoxy groups -OCH3 is 1. The van der Waals surface area contributed by atoms with E-state index in [2.05, 4.69) is 10.4 Å². The molecule has 1 N–H and O–H groups in total. The summed E-state index contributed by atoms with van der Waals surface area (Å²) in [6.07, 6.45) is 0.778. The lowest BCUT2D eigenvalue weighted by Gasteiger charge is -2.18. The van der Waals surface area contributed by atoms with Crippen LogP contribution in [-0.2, 0) is 27.8 Å². The van der Waals surface area contributed by atoms with Crippen LogP contribution >= 0.6 is 0 Å². The topological polar surface area (TPSA) is 73.2 Å². The number of ether oxygens (including phenoxy) is 1. The summed E-state index contributed by atoms with van der Waals surface area (Å²) in [6.45, 7) is 7.80. The van der Waals surface area contributed by atoms with Gasteiger partial charge in [-0.1, -0.05) is 13.8 Å². The Morgan fingerprint density at radius 2 is 1.95 bits per heavy atom. The Morgan fingerprint density at radius 1 is 1.33 bits per heavy atom. The smallest absolute Gasteiger partial charge is 0.328 e. The number of hydrogen-bond donors (Lipinski definition) is 1. The molecule has 0 spiro atoms. The van der Waals surface area contributed by atoms with Crippen LogP contribution < -0.4 is 5.32 Å². The Labute approximate surface area is 125 Å². The van der Waals surface area contributed by atoms with Crippen LogP contribution in [0.5, 0.6) is 0 Å². The third-order valence-corrected chi connectivity index (χ3v) is 3.52. The fraction of sp³-hybridized carbons (Fsp3) is 0.667. The minimum Gasteiger partial charge on any atom is -0.467 e. The zero-order valence-electron chi connectivity index (χ0n) is 13.7. The first-order valence-corrected chi connectivity index (χ1v) is 7.12. The van der Waals surface area contributed by atoms with Gasteiger partial charge in [-0.2, -0.15) is 5.10 Å². The number of nitrogens with zero attached hydrogens (tertiary/aromatic N) is 2. The highest BCUT2D eigenvalue weighted by Crippen LogP contribution is 2.13. The third-order valence-electron chi connectivity index (χ3n) is 3.52. The summed E-state index contributed by atoms with van der Waals surface area (Å²) in [6, 6.07) is -0.597. The van der Waals surface area contributed by atoms with Crippen molar-refractivity contribution in [1.29, 1.82) is 0 Å². The minimum atomic E-state index is -0.597. The molecule has 0 aliphatic heterocycles. The molecule has 1 aromatic heterocycles. The van der Waals surface area contributed by atoms with Crippen LogP contribution in [0.25, 0.3) is 0 Å². The van der Waals surface area contributed by atoms with Gasteiger partial charge < -0.3 is 10.1 Å². The standard InChI is InChI=1S/C15H25N3O3/c1-9(2)7-13(15(20)21-6)16-14(19)8-12-10(3)17-18(5)11(12)4/h9,13H,7-8H2,1-6H3,(H,16,19). The van der Waals surface area contributed by atoms with E-state index >= 15 is 0 Å². The van der Waals surface area contributed by atoms with E-state index in [0.717, 1.165) is 17.0 Å². The number of aryl methyl sites for hydroxylation is 2. The average molecular weight is 295 g/mol. The lowest BCUT2D eigenvalue weighted by Crippen LogP contribution is -2.43. The Balaban J connectivity index is 2.76. The molecular formula is C15H25N3O3. The van der Waals surface area contributed by atoms with Crippen molar-refractivity contribution in [2.24, 2.45) is 13.0 Å². The maximum Gasteiger partial charge on any atom is 0.328 e. The molecule has 21 heavy (non-hydrogen) atoms. The number of carbonyl (C=O) groups excluding carboxylic acids is 2. The largest absolute Gasteiger partial charge is 0.467 e. The molecule has 0 aliphatic carbocycles. The highest BCUT2D eigenvalue weighted by atomic mass is 16.5. The second-order valence-corrected chi connectivity index (χ2v) is 5.72. The van der Waals surface area contributed by atoms with Crippen LogP contribution in [-0.4, -0.2) is 34.8 Å². The summed E-state index contributed by atoms with van der Waals surface area (Å²) >= 11 is 0. The van der Waals surface area contributed by atoms with Gasteiger partial charge in [0.2, 0.25) is 5.91 Å². The molecule has 0 bridgehead atoms. The molecule has 0 saturated carbocycles. The van der Waals surface area contributed by atoms with Gasteiger partial charge in [0.15, 0.2) is 0 Å². The first kappa shape index (κ1) is 17.2. The number of amides is 1. The normalized spacial score (nSPS) is 12.3. The molecule has 6 nitrogen and oxygen atoms in total. The Morgan fingerprint density at radius 3 is 2.38 bits per heavy atom. The van der Waals surface area contributed by atoms with E-state index in [1.807, 2.05) is 34.7 Å². The van der Waals surface area contributed by atoms with Crippen molar-refractivity contribution in [1.82, 2.24) is 15.1 Å². The fourth-order valence-electron chi connectivity index (χ4n) is 2.31. The predicted octanol–water partition coefficient (Wildman–Crippen LogP) is 1.28. The maximum atomic E-state index is 12.2. The SMILES string of the molecule is COC(=O)C(CC(C)C)NC(=O)Cc1c(C)nn(C)c1C. The highest BCUT2D eigenvalue weighted by molar-refractivity contribution is 5.85. The number of rotatable bonds is 6. The lowest BCUT2D eigenvalue weighted by atomic mass is 10.0. The summed E-state index contributed by atoms with van der Waals surface area (Å²) in [7, 11) is 3.18. The van der Waals surface area contributed by atoms with Crippen molar-refractivity contribution in [3.8, 4) is 0 Å². The van der Waals surface area contributed by atoms with E-state index in [1.54, 1.807) is 4.68 Å². The van der Waals surface area contributed by atoms with Gasteiger partial charge in [0, 0.05) is 18.3 Å². The van der Waals surface area contributed by atoms with Crippen molar-refractivity contribution >= 4 is 11.9 Å². The van der Waals surface area contributed by atoms with Gasteiger partial charge >= 0.3 is 5.97 Å². The van der Waals surface area contributed by atoms with Crippen molar-refractivity contribution in [3.63, 3.8) is 0 Å². The molecule has 0 aliphatic rings. The first-order valence-electron chi connectivity index (χ1n) is 7.12. The molecule has 1 aromatic rings. The van der Waals surface area contributed by atoms with Gasteiger partial charge in [-0.25, -0.2) is 4.79 Å². The van der Waals surface area contributed by atoms with Crippen molar-refractivity contribution in [3.05, 3.63) is 17.0 Å². The van der Waals surface area contributed by atoms with Gasteiger partial charge in [-0.15, -0.1) is 0 Å². The van der Waals surface area contributed by atoms with E-state index in [1.165, 1.54) is 7.11 Å². The van der Waals surface area contributed by atoms with Gasteiger partial charge in [0.25, 0.3) is 0 Å². The molecule has 0 saturated heterocycles. The molecule has 1 unspecified atom stereocenters. The molecular weight excluding hydrogens is 270 g/mol. The van der Waals surface area contributed by atoms with Crippen molar-refractivity contribution < 1.29 is 14.3 Å². The highest BCUT2D eigenvalue weighted by Gasteiger charge is 2.23. The monoisotopic (exact) mass is 295 g/mol. The summed E-state index contributed by atoms with van der Waals surface area (Å²) in [4.78, 5) is 23.9. The van der Waals surface area contributed by atoms with Crippen LogP contribution in [0, 0.1) is 19.8 Å². The number of nitrogens with one attached hydrogen (secondary N) is 1. The molecule has 0 aromatic carbocycles. The Kier molecular flexibility index (Phi) is 5.93. The van der Waals surface area contributed by atoms with E-state index in [0.29, 0.717) is 6.42 Å². The van der Waals surface area contributed by atoms with Crippen molar-refractivity contribution in [2.45, 2.75) is 46.6 Å². The summed E-state index contributed by atoms with van der Waals surface area (Å²) in [5.74, 6) is -0.307. The van der Waals surface area contributed by atoms with Crippen molar-refractivity contribution in [2.75, 3.05) is 7.11 Å². The third kappa shape index (κ3) is 4.58. The number of esters is 1. The molecule has 118 valence electrons. The molecule has 6 heteroatoms. The predicted molar refractivity (Wildman–Crippen MR) is 79.8 cm³/mol. The van der Waals surface area contributed by atoms with E-state index in [9.17, 15) is 9.59 Å². The van der Waals surface area contributed by atoms with Gasteiger partial charge in [-0.05, 0) is 26.2 Å². The van der Waals surface area contributed by atoms with Gasteiger partial charge in [0.05, 0.1) is 19.2 Å². The number of hydrogen-bond acceptors (Lipinski definition) is 4. The van der Waals surface area contributed by atoms with Crippen LogP contribution in [0.2, 0.25) is 0 Å². The second-order valence-electron chi connectivity index (χ2n) is 5.72. The minimum absolute atomic E-state index is 0.190. The zero-order valence-corrected chi connectivity index (χ0v) is 13.7. The van der Waals surface area contributed by atoms with Crippen LogP contribution in [0.15, 0.2) is 0 Å². The van der Waals surface area contributed by atoms with E-state index in [-0.39, 0.29) is 18.2 Å². The van der Waals surface area contributed by atoms with Crippen LogP contribution in [0.3, 0.4) is 0 Å². The summed E-state index contributed by atoms with van der Waals surface area (Å²) in [5.41, 5.74) is 2.70. The summed E-state index contributed by atoms with van der Waals surface area (Å²) in [5, 5.41) is 7.05. The number of carbonyl (C=O) groups is 2. The summed E-state index contributed by atoms with van der Waals surface area (Å²) < 4.78 is 6.50.